The van der Waals surface area contributed by atoms with Gasteiger partial charge in [0, 0.05) is 6.61 Å². The van der Waals surface area contributed by atoms with Crippen molar-refractivity contribution in [1.82, 2.24) is 0 Å². The standard InChI is InChI=1S/C13H20O2/c1-4-5-10-15-11(2)12-6-8-13(14-3)9-7-12/h6-9,11H,4-5,10H2,1-3H3. The number of hydrogen-bond acceptors (Lipinski definition) is 2. The highest BCUT2D eigenvalue weighted by Gasteiger charge is 2.04. The van der Waals surface area contributed by atoms with Crippen molar-refractivity contribution >= 4 is 0 Å². The lowest BCUT2D eigenvalue weighted by molar-refractivity contribution is 0.0636. The Bertz CT molecular complexity index is 266. The van der Waals surface area contributed by atoms with Crippen LogP contribution < -0.4 is 4.74 Å². The van der Waals surface area contributed by atoms with Crippen LogP contribution in [0.5, 0.6) is 5.75 Å². The van der Waals surface area contributed by atoms with Crippen LogP contribution in [0, 0.1) is 0 Å². The van der Waals surface area contributed by atoms with Crippen LogP contribution in [0.25, 0.3) is 0 Å². The molecule has 1 atom stereocenters. The molecule has 2 heteroatoms. The minimum atomic E-state index is 0.169. The maximum absolute atomic E-state index is 5.70. The van der Waals surface area contributed by atoms with Gasteiger partial charge in [0.1, 0.15) is 5.75 Å². The van der Waals surface area contributed by atoms with Gasteiger partial charge in [0.2, 0.25) is 0 Å². The van der Waals surface area contributed by atoms with Gasteiger partial charge in [0.15, 0.2) is 0 Å². The molecule has 0 radical (unpaired) electrons. The minimum Gasteiger partial charge on any atom is -0.497 e. The molecule has 1 aromatic rings. The van der Waals surface area contributed by atoms with Crippen LogP contribution in [0.15, 0.2) is 24.3 Å². The molecule has 0 bridgehead atoms. The third-order valence-corrected chi connectivity index (χ3v) is 2.45. The van der Waals surface area contributed by atoms with Crippen LogP contribution >= 0.6 is 0 Å². The number of benzene rings is 1. The van der Waals surface area contributed by atoms with Crippen LogP contribution in [-0.4, -0.2) is 13.7 Å². The van der Waals surface area contributed by atoms with Crippen LogP contribution in [0.1, 0.15) is 38.4 Å². The van der Waals surface area contributed by atoms with Gasteiger partial charge in [-0.25, -0.2) is 0 Å². The first kappa shape index (κ1) is 12.1. The molecule has 2 nitrogen and oxygen atoms in total. The van der Waals surface area contributed by atoms with Crippen LogP contribution in [0.2, 0.25) is 0 Å². The summed E-state index contributed by atoms with van der Waals surface area (Å²) in [6, 6.07) is 8.04. The summed E-state index contributed by atoms with van der Waals surface area (Å²) in [4.78, 5) is 0. The van der Waals surface area contributed by atoms with Crippen LogP contribution in [-0.2, 0) is 4.74 Å². The fourth-order valence-corrected chi connectivity index (χ4v) is 1.38. The lowest BCUT2D eigenvalue weighted by atomic mass is 10.1. The first-order valence-corrected chi connectivity index (χ1v) is 5.53. The molecule has 0 aliphatic heterocycles. The average molecular weight is 208 g/mol. The van der Waals surface area contributed by atoms with Crippen molar-refractivity contribution in [1.29, 1.82) is 0 Å². The molecule has 84 valence electrons. The Kier molecular flexibility index (Phi) is 5.19. The maximum Gasteiger partial charge on any atom is 0.118 e. The van der Waals surface area contributed by atoms with E-state index in [1.807, 2.05) is 12.1 Å². The number of unbranched alkanes of at least 4 members (excludes halogenated alkanes) is 1. The highest BCUT2D eigenvalue weighted by atomic mass is 16.5. The van der Waals surface area contributed by atoms with E-state index in [0.29, 0.717) is 0 Å². The lowest BCUT2D eigenvalue weighted by Crippen LogP contribution is -2.01. The van der Waals surface area contributed by atoms with E-state index >= 15 is 0 Å². The van der Waals surface area contributed by atoms with E-state index in [2.05, 4.69) is 26.0 Å². The minimum absolute atomic E-state index is 0.169. The van der Waals surface area contributed by atoms with Gasteiger partial charge >= 0.3 is 0 Å². The quantitative estimate of drug-likeness (QED) is 0.665. The zero-order valence-electron chi connectivity index (χ0n) is 9.82. The van der Waals surface area contributed by atoms with Crippen LogP contribution in [0.4, 0.5) is 0 Å². The molecule has 1 rings (SSSR count). The Balaban J connectivity index is 2.46. The Labute approximate surface area is 92.2 Å². The lowest BCUT2D eigenvalue weighted by Gasteiger charge is -2.13. The van der Waals surface area contributed by atoms with E-state index in [4.69, 9.17) is 9.47 Å². The molecule has 0 saturated heterocycles. The summed E-state index contributed by atoms with van der Waals surface area (Å²) >= 11 is 0. The van der Waals surface area contributed by atoms with Gasteiger partial charge in [-0.15, -0.1) is 0 Å². The molecule has 0 N–H and O–H groups in total. The number of hydrogen-bond donors (Lipinski definition) is 0. The zero-order valence-corrected chi connectivity index (χ0v) is 9.82. The van der Waals surface area contributed by atoms with E-state index in [1.165, 1.54) is 12.0 Å². The summed E-state index contributed by atoms with van der Waals surface area (Å²) in [5.74, 6) is 0.888. The van der Waals surface area contributed by atoms with Crippen molar-refractivity contribution in [3.63, 3.8) is 0 Å². The van der Waals surface area contributed by atoms with E-state index < -0.39 is 0 Å². The SMILES string of the molecule is CCCCOC(C)c1ccc(OC)cc1. The normalized spacial score (nSPS) is 12.5. The summed E-state index contributed by atoms with van der Waals surface area (Å²) < 4.78 is 10.8. The molecule has 0 amide bonds. The molecule has 0 fully saturated rings. The Hall–Kier alpha value is -1.02. The summed E-state index contributed by atoms with van der Waals surface area (Å²) in [6.45, 7) is 5.09. The third-order valence-electron chi connectivity index (χ3n) is 2.45. The first-order valence-electron chi connectivity index (χ1n) is 5.53. The second-order valence-electron chi connectivity index (χ2n) is 3.64. The smallest absolute Gasteiger partial charge is 0.118 e. The monoisotopic (exact) mass is 208 g/mol. The summed E-state index contributed by atoms with van der Waals surface area (Å²) in [6.07, 6.45) is 2.47. The first-order chi connectivity index (χ1) is 7.27. The fraction of sp³-hybridized carbons (Fsp3) is 0.538. The highest BCUT2D eigenvalue weighted by molar-refractivity contribution is 5.28. The van der Waals surface area contributed by atoms with Gasteiger partial charge in [0.05, 0.1) is 13.2 Å². The van der Waals surface area contributed by atoms with Gasteiger partial charge in [0.25, 0.3) is 0 Å². The van der Waals surface area contributed by atoms with Crippen molar-refractivity contribution in [2.75, 3.05) is 13.7 Å². The molecule has 0 aliphatic rings. The number of rotatable bonds is 6. The molecule has 0 heterocycles. The van der Waals surface area contributed by atoms with Gasteiger partial charge in [-0.2, -0.15) is 0 Å². The summed E-state index contributed by atoms with van der Waals surface area (Å²) in [5.41, 5.74) is 1.20. The van der Waals surface area contributed by atoms with E-state index in [-0.39, 0.29) is 6.10 Å². The molecule has 0 aromatic heterocycles. The maximum atomic E-state index is 5.70. The molecule has 0 saturated carbocycles. The molecule has 15 heavy (non-hydrogen) atoms. The number of ether oxygens (including phenoxy) is 2. The highest BCUT2D eigenvalue weighted by Crippen LogP contribution is 2.20. The van der Waals surface area contributed by atoms with Gasteiger partial charge < -0.3 is 9.47 Å². The van der Waals surface area contributed by atoms with Crippen molar-refractivity contribution in [2.24, 2.45) is 0 Å². The Morgan fingerprint density at radius 3 is 2.40 bits per heavy atom. The average Bonchev–Trinajstić information content (AvgIpc) is 2.29. The predicted molar refractivity (Wildman–Crippen MR) is 62.3 cm³/mol. The van der Waals surface area contributed by atoms with E-state index in [0.717, 1.165) is 18.8 Å². The zero-order chi connectivity index (χ0) is 11.1. The van der Waals surface area contributed by atoms with Crippen LogP contribution in [0.3, 0.4) is 0 Å². The fourth-order valence-electron chi connectivity index (χ4n) is 1.38. The van der Waals surface area contributed by atoms with Gasteiger partial charge in [-0.3, -0.25) is 0 Å². The Morgan fingerprint density at radius 2 is 1.87 bits per heavy atom. The second kappa shape index (κ2) is 6.46. The second-order valence-corrected chi connectivity index (χ2v) is 3.64. The summed E-state index contributed by atoms with van der Waals surface area (Å²) in [5, 5.41) is 0. The molecule has 0 aliphatic carbocycles. The van der Waals surface area contributed by atoms with Crippen molar-refractivity contribution < 1.29 is 9.47 Å². The molecular weight excluding hydrogens is 188 g/mol. The number of methoxy groups -OCH3 is 1. The third kappa shape index (κ3) is 3.92. The predicted octanol–water partition coefficient (Wildman–Crippen LogP) is 3.57. The molecule has 0 spiro atoms. The van der Waals surface area contributed by atoms with Crippen molar-refractivity contribution in [2.45, 2.75) is 32.8 Å². The Morgan fingerprint density at radius 1 is 1.20 bits per heavy atom. The van der Waals surface area contributed by atoms with Gasteiger partial charge in [-0.1, -0.05) is 25.5 Å². The molecule has 1 unspecified atom stereocenters. The van der Waals surface area contributed by atoms with Gasteiger partial charge in [-0.05, 0) is 31.0 Å². The largest absolute Gasteiger partial charge is 0.497 e. The van der Waals surface area contributed by atoms with E-state index in [9.17, 15) is 0 Å². The summed E-state index contributed by atoms with van der Waals surface area (Å²) in [7, 11) is 1.68. The molecular formula is C13H20O2. The topological polar surface area (TPSA) is 18.5 Å². The van der Waals surface area contributed by atoms with E-state index in [1.54, 1.807) is 7.11 Å². The van der Waals surface area contributed by atoms with Crippen molar-refractivity contribution in [3.05, 3.63) is 29.8 Å². The van der Waals surface area contributed by atoms with Crippen molar-refractivity contribution in [3.8, 4) is 5.75 Å². The molecule has 1 aromatic carbocycles.